The van der Waals surface area contributed by atoms with Gasteiger partial charge in [0, 0.05) is 6.07 Å². The first-order chi connectivity index (χ1) is 17.5. The Morgan fingerprint density at radius 3 is 2.36 bits per heavy atom. The number of hydrogen-bond acceptors (Lipinski definition) is 8. The Bertz CT molecular complexity index is 1200. The van der Waals surface area contributed by atoms with Crippen LogP contribution in [0.15, 0.2) is 77.3 Å². The number of hydrogen-bond donors (Lipinski definition) is 1. The molecule has 2 N–H and O–H groups in total. The van der Waals surface area contributed by atoms with Crippen LogP contribution < -0.4 is 15.4 Å². The highest BCUT2D eigenvalue weighted by Crippen LogP contribution is 2.43. The molecule has 1 heterocycles. The molecule has 1 aliphatic rings. The van der Waals surface area contributed by atoms with E-state index in [2.05, 4.69) is 13.0 Å². The van der Waals surface area contributed by atoms with Crippen LogP contribution in [0.2, 0.25) is 0 Å². The van der Waals surface area contributed by atoms with Gasteiger partial charge >= 0.3 is 11.9 Å². The highest BCUT2D eigenvalue weighted by atomic mass is 16.5. The monoisotopic (exact) mass is 489 g/mol. The number of methoxy groups -OCH3 is 2. The summed E-state index contributed by atoms with van der Waals surface area (Å²) < 4.78 is 16.0. The number of nitrogens with two attached hydrogens (primary N) is 1. The summed E-state index contributed by atoms with van der Waals surface area (Å²) in [7, 11) is 2.44. The van der Waals surface area contributed by atoms with Crippen LogP contribution in [0.1, 0.15) is 44.1 Å². The molecule has 2 aromatic rings. The Morgan fingerprint density at radius 2 is 1.72 bits per heavy atom. The first-order valence-corrected chi connectivity index (χ1v) is 11.9. The number of esters is 2. The lowest BCUT2D eigenvalue weighted by molar-refractivity contribution is -0.139. The van der Waals surface area contributed by atoms with Gasteiger partial charge in [-0.25, -0.2) is 9.59 Å². The van der Waals surface area contributed by atoms with E-state index in [-0.39, 0.29) is 22.7 Å². The van der Waals surface area contributed by atoms with E-state index in [9.17, 15) is 14.9 Å². The number of ether oxygens (including phenoxy) is 3. The molecular formula is C28H31N3O5. The number of unbranched alkanes of at least 4 members (excludes halogenated alkanes) is 3. The number of nitrogens with zero attached hydrogens (tertiary/aromatic N) is 2. The number of allylic oxidation sites excluding steroid dienone is 1. The van der Waals surface area contributed by atoms with Crippen molar-refractivity contribution in [3.8, 4) is 11.8 Å². The predicted molar refractivity (Wildman–Crippen MR) is 136 cm³/mol. The minimum absolute atomic E-state index is 0.0134. The molecule has 0 saturated carbocycles. The topological polar surface area (TPSA) is 115 Å². The van der Waals surface area contributed by atoms with Crippen LogP contribution in [0.3, 0.4) is 0 Å². The molecule has 0 bridgehead atoms. The van der Waals surface area contributed by atoms with Crippen molar-refractivity contribution in [1.29, 1.82) is 5.26 Å². The fourth-order valence-corrected chi connectivity index (χ4v) is 4.21. The zero-order valence-corrected chi connectivity index (χ0v) is 20.8. The molecule has 1 aliphatic heterocycles. The van der Waals surface area contributed by atoms with Gasteiger partial charge in [0.15, 0.2) is 0 Å². The zero-order valence-electron chi connectivity index (χ0n) is 20.8. The molecule has 0 radical (unpaired) electrons. The lowest BCUT2D eigenvalue weighted by Gasteiger charge is -2.36. The molecule has 0 aromatic heterocycles. The normalized spacial score (nSPS) is 15.4. The molecule has 0 amide bonds. The van der Waals surface area contributed by atoms with E-state index >= 15 is 0 Å². The highest BCUT2D eigenvalue weighted by molar-refractivity contribution is 6.06. The standard InChI is InChI=1S/C28H31N3O5/c1-4-5-6-10-16-36-21-15-11-14-20(17-21)31-25(28(33)35-3)24(27(32)34-2)23(22(18-29)26(31)30)19-12-8-7-9-13-19/h7-9,11-15,17,23H,4-6,10,16,30H2,1-3H3. The second kappa shape index (κ2) is 12.5. The van der Waals surface area contributed by atoms with Crippen molar-refractivity contribution in [1.82, 2.24) is 0 Å². The molecule has 0 fully saturated rings. The van der Waals surface area contributed by atoms with E-state index in [0.717, 1.165) is 25.7 Å². The minimum Gasteiger partial charge on any atom is -0.494 e. The van der Waals surface area contributed by atoms with Crippen LogP contribution >= 0.6 is 0 Å². The van der Waals surface area contributed by atoms with Crippen molar-refractivity contribution in [3.05, 3.63) is 82.8 Å². The maximum atomic E-state index is 13.1. The Kier molecular flexibility index (Phi) is 9.12. The summed E-state index contributed by atoms with van der Waals surface area (Å²) in [5, 5.41) is 10.1. The van der Waals surface area contributed by atoms with Crippen LogP contribution in [0.4, 0.5) is 5.69 Å². The van der Waals surface area contributed by atoms with Gasteiger partial charge < -0.3 is 19.9 Å². The SMILES string of the molecule is CCCCCCOc1cccc(N2C(N)=C(C#N)C(c3ccccc3)C(C(=O)OC)=C2C(=O)OC)c1. The lowest BCUT2D eigenvalue weighted by Crippen LogP contribution is -2.40. The lowest BCUT2D eigenvalue weighted by atomic mass is 9.81. The van der Waals surface area contributed by atoms with Gasteiger partial charge in [-0.15, -0.1) is 0 Å². The number of anilines is 1. The van der Waals surface area contributed by atoms with Crippen LogP contribution in [-0.4, -0.2) is 32.8 Å². The highest BCUT2D eigenvalue weighted by Gasteiger charge is 2.43. The smallest absolute Gasteiger partial charge is 0.355 e. The molecule has 8 nitrogen and oxygen atoms in total. The minimum atomic E-state index is -0.910. The van der Waals surface area contributed by atoms with Gasteiger partial charge in [0.25, 0.3) is 0 Å². The van der Waals surface area contributed by atoms with Crippen LogP contribution in [0.25, 0.3) is 0 Å². The van der Waals surface area contributed by atoms with E-state index < -0.39 is 17.9 Å². The number of carbonyl (C=O) groups excluding carboxylic acids is 2. The molecule has 3 rings (SSSR count). The van der Waals surface area contributed by atoms with E-state index in [1.54, 1.807) is 48.5 Å². The molecule has 188 valence electrons. The summed E-state index contributed by atoms with van der Waals surface area (Å²) >= 11 is 0. The van der Waals surface area contributed by atoms with Gasteiger partial charge in [0.1, 0.15) is 17.3 Å². The number of rotatable bonds is 10. The third-order valence-corrected chi connectivity index (χ3v) is 5.95. The van der Waals surface area contributed by atoms with Gasteiger partial charge in [0.05, 0.1) is 49.6 Å². The van der Waals surface area contributed by atoms with E-state index in [4.69, 9.17) is 19.9 Å². The van der Waals surface area contributed by atoms with Crippen LogP contribution in [-0.2, 0) is 19.1 Å². The quantitative estimate of drug-likeness (QED) is 0.382. The third kappa shape index (κ3) is 5.52. The molecule has 1 unspecified atom stereocenters. The Morgan fingerprint density at radius 1 is 1.00 bits per heavy atom. The summed E-state index contributed by atoms with van der Waals surface area (Å²) in [5.74, 6) is -1.88. The van der Waals surface area contributed by atoms with Gasteiger partial charge in [-0.3, -0.25) is 4.90 Å². The Hall–Kier alpha value is -4.25. The summed E-state index contributed by atoms with van der Waals surface area (Å²) in [6, 6.07) is 18.0. The Labute approximate surface area is 211 Å². The number of nitriles is 1. The maximum absolute atomic E-state index is 13.1. The average Bonchev–Trinajstić information content (AvgIpc) is 2.91. The van der Waals surface area contributed by atoms with Crippen molar-refractivity contribution in [3.63, 3.8) is 0 Å². The van der Waals surface area contributed by atoms with E-state index in [1.807, 2.05) is 6.07 Å². The van der Waals surface area contributed by atoms with Crippen molar-refractivity contribution < 1.29 is 23.8 Å². The molecule has 0 saturated heterocycles. The fraction of sp³-hybridized carbons (Fsp3) is 0.321. The maximum Gasteiger partial charge on any atom is 0.355 e. The van der Waals surface area contributed by atoms with Crippen molar-refractivity contribution in [2.75, 3.05) is 25.7 Å². The number of benzene rings is 2. The van der Waals surface area contributed by atoms with E-state index in [0.29, 0.717) is 23.6 Å². The van der Waals surface area contributed by atoms with E-state index in [1.165, 1.54) is 19.1 Å². The fourth-order valence-electron chi connectivity index (χ4n) is 4.21. The van der Waals surface area contributed by atoms with Crippen molar-refractivity contribution in [2.45, 2.75) is 38.5 Å². The number of carbonyl (C=O) groups is 2. The van der Waals surface area contributed by atoms with Crippen molar-refractivity contribution in [2.24, 2.45) is 5.73 Å². The van der Waals surface area contributed by atoms with Gasteiger partial charge in [-0.1, -0.05) is 62.6 Å². The zero-order chi connectivity index (χ0) is 26.1. The first-order valence-electron chi connectivity index (χ1n) is 11.9. The molecule has 1 atom stereocenters. The third-order valence-electron chi connectivity index (χ3n) is 5.95. The summed E-state index contributed by atoms with van der Waals surface area (Å²) in [6.07, 6.45) is 4.26. The largest absolute Gasteiger partial charge is 0.494 e. The predicted octanol–water partition coefficient (Wildman–Crippen LogP) is 4.54. The second-order valence-electron chi connectivity index (χ2n) is 8.24. The summed E-state index contributed by atoms with van der Waals surface area (Å²) in [5.41, 5.74) is 7.55. The van der Waals surface area contributed by atoms with Gasteiger partial charge in [-0.2, -0.15) is 5.26 Å². The van der Waals surface area contributed by atoms with Crippen LogP contribution in [0, 0.1) is 11.3 Å². The molecular weight excluding hydrogens is 458 g/mol. The Balaban J connectivity index is 2.16. The second-order valence-corrected chi connectivity index (χ2v) is 8.24. The molecule has 0 aliphatic carbocycles. The van der Waals surface area contributed by atoms with Gasteiger partial charge in [0.2, 0.25) is 0 Å². The first kappa shape index (κ1) is 26.4. The molecule has 36 heavy (non-hydrogen) atoms. The summed E-state index contributed by atoms with van der Waals surface area (Å²) in [6.45, 7) is 2.69. The van der Waals surface area contributed by atoms with Gasteiger partial charge in [-0.05, 0) is 24.1 Å². The molecule has 0 spiro atoms. The average molecular weight is 490 g/mol. The summed E-state index contributed by atoms with van der Waals surface area (Å²) in [4.78, 5) is 27.6. The molecule has 2 aromatic carbocycles. The van der Waals surface area contributed by atoms with Crippen LogP contribution in [0.5, 0.6) is 5.75 Å². The molecule has 8 heteroatoms. The van der Waals surface area contributed by atoms with Crippen molar-refractivity contribution >= 4 is 17.6 Å².